The molecule has 0 aliphatic rings. The molecule has 1 aromatic heterocycles. The molecular formula is C18H25NO4. The first-order valence-corrected chi connectivity index (χ1v) is 7.98. The monoisotopic (exact) mass is 319 g/mol. The van der Waals surface area contributed by atoms with E-state index in [-0.39, 0.29) is 5.91 Å². The fraction of sp³-hybridized carbons (Fsp3) is 0.500. The number of benzene rings is 1. The van der Waals surface area contributed by atoms with Crippen molar-refractivity contribution in [2.24, 2.45) is 5.92 Å². The fourth-order valence-electron chi connectivity index (χ4n) is 2.28. The summed E-state index contributed by atoms with van der Waals surface area (Å²) in [5, 5.41) is 3.86. The summed E-state index contributed by atoms with van der Waals surface area (Å²) in [5.41, 5.74) is 1.62. The maximum absolute atomic E-state index is 12.0. The Labute approximate surface area is 136 Å². The molecule has 0 bridgehead atoms. The molecule has 0 aliphatic carbocycles. The lowest BCUT2D eigenvalue weighted by Crippen LogP contribution is -2.26. The van der Waals surface area contributed by atoms with E-state index < -0.39 is 0 Å². The van der Waals surface area contributed by atoms with Crippen LogP contribution in [0.5, 0.6) is 5.75 Å². The Kier molecular flexibility index (Phi) is 6.47. The Morgan fingerprint density at radius 1 is 1.35 bits per heavy atom. The molecule has 0 aliphatic heterocycles. The number of amides is 1. The minimum atomic E-state index is -0.00706. The van der Waals surface area contributed by atoms with Gasteiger partial charge in [0.25, 0.3) is 0 Å². The molecule has 23 heavy (non-hydrogen) atoms. The van der Waals surface area contributed by atoms with Crippen LogP contribution in [0.4, 0.5) is 0 Å². The second kappa shape index (κ2) is 8.58. The second-order valence-corrected chi connectivity index (χ2v) is 5.97. The molecule has 0 atom stereocenters. The molecule has 1 aromatic carbocycles. The van der Waals surface area contributed by atoms with Crippen molar-refractivity contribution >= 4 is 16.9 Å². The summed E-state index contributed by atoms with van der Waals surface area (Å²) in [6.07, 6.45) is 2.77. The predicted molar refractivity (Wildman–Crippen MR) is 89.8 cm³/mol. The van der Waals surface area contributed by atoms with E-state index in [1.807, 2.05) is 18.2 Å². The van der Waals surface area contributed by atoms with Crippen LogP contribution in [0.3, 0.4) is 0 Å². The topological polar surface area (TPSA) is 60.7 Å². The summed E-state index contributed by atoms with van der Waals surface area (Å²) < 4.78 is 16.1. The Bertz CT molecular complexity index is 633. The highest BCUT2D eigenvalue weighted by molar-refractivity contribution is 5.88. The van der Waals surface area contributed by atoms with Gasteiger partial charge in [-0.15, -0.1) is 0 Å². The van der Waals surface area contributed by atoms with Gasteiger partial charge in [0, 0.05) is 36.8 Å². The van der Waals surface area contributed by atoms with Gasteiger partial charge in [0.15, 0.2) is 0 Å². The van der Waals surface area contributed by atoms with E-state index in [1.165, 1.54) is 0 Å². The van der Waals surface area contributed by atoms with Crippen molar-refractivity contribution in [2.75, 3.05) is 26.9 Å². The van der Waals surface area contributed by atoms with Crippen molar-refractivity contribution < 1.29 is 18.7 Å². The molecule has 2 aromatic rings. The number of rotatable bonds is 9. The van der Waals surface area contributed by atoms with E-state index in [4.69, 9.17) is 13.9 Å². The molecule has 5 nitrogen and oxygen atoms in total. The van der Waals surface area contributed by atoms with Crippen molar-refractivity contribution in [3.63, 3.8) is 0 Å². The molecule has 2 rings (SSSR count). The van der Waals surface area contributed by atoms with Gasteiger partial charge in [0.2, 0.25) is 5.91 Å². The fourth-order valence-corrected chi connectivity index (χ4v) is 2.28. The van der Waals surface area contributed by atoms with Gasteiger partial charge in [0.05, 0.1) is 19.8 Å². The SMILES string of the molecule is COc1ccc2c(CC(=O)NCCCOCC(C)C)coc2c1. The predicted octanol–water partition coefficient (Wildman–Crippen LogP) is 3.16. The highest BCUT2D eigenvalue weighted by atomic mass is 16.5. The van der Waals surface area contributed by atoms with Crippen molar-refractivity contribution in [1.29, 1.82) is 0 Å². The van der Waals surface area contributed by atoms with Crippen LogP contribution in [-0.4, -0.2) is 32.8 Å². The van der Waals surface area contributed by atoms with Crippen LogP contribution in [0, 0.1) is 5.92 Å². The molecule has 0 saturated heterocycles. The average molecular weight is 319 g/mol. The maximum atomic E-state index is 12.0. The first-order chi connectivity index (χ1) is 11.1. The van der Waals surface area contributed by atoms with Crippen molar-refractivity contribution in [2.45, 2.75) is 26.7 Å². The molecule has 1 amide bonds. The van der Waals surface area contributed by atoms with E-state index in [1.54, 1.807) is 13.4 Å². The van der Waals surface area contributed by atoms with Crippen LogP contribution >= 0.6 is 0 Å². The smallest absolute Gasteiger partial charge is 0.224 e. The first kappa shape index (κ1) is 17.3. The zero-order valence-electron chi connectivity index (χ0n) is 14.1. The van der Waals surface area contributed by atoms with Crippen molar-refractivity contribution in [1.82, 2.24) is 5.32 Å². The zero-order chi connectivity index (χ0) is 16.7. The minimum absolute atomic E-state index is 0.00706. The lowest BCUT2D eigenvalue weighted by molar-refractivity contribution is -0.120. The highest BCUT2D eigenvalue weighted by Gasteiger charge is 2.10. The lowest BCUT2D eigenvalue weighted by atomic mass is 10.1. The summed E-state index contributed by atoms with van der Waals surface area (Å²) >= 11 is 0. The van der Waals surface area contributed by atoms with Crippen LogP contribution in [-0.2, 0) is 16.0 Å². The van der Waals surface area contributed by atoms with Crippen molar-refractivity contribution in [3.8, 4) is 5.75 Å². The molecule has 0 radical (unpaired) electrons. The largest absolute Gasteiger partial charge is 0.497 e. The molecule has 5 heteroatoms. The molecule has 0 fully saturated rings. The number of hydrogen-bond acceptors (Lipinski definition) is 4. The number of carbonyl (C=O) groups excluding carboxylic acids is 1. The van der Waals surface area contributed by atoms with Crippen LogP contribution < -0.4 is 10.1 Å². The Morgan fingerprint density at radius 3 is 2.91 bits per heavy atom. The third kappa shape index (κ3) is 5.28. The van der Waals surface area contributed by atoms with E-state index in [0.717, 1.165) is 35.3 Å². The lowest BCUT2D eigenvalue weighted by Gasteiger charge is -2.07. The molecule has 0 unspecified atom stereocenters. The molecular weight excluding hydrogens is 294 g/mol. The molecule has 0 saturated carbocycles. The number of nitrogens with one attached hydrogen (secondary N) is 1. The number of methoxy groups -OCH3 is 1. The number of ether oxygens (including phenoxy) is 2. The van der Waals surface area contributed by atoms with Gasteiger partial charge in [-0.3, -0.25) is 4.79 Å². The summed E-state index contributed by atoms with van der Waals surface area (Å²) in [4.78, 5) is 12.0. The highest BCUT2D eigenvalue weighted by Crippen LogP contribution is 2.25. The summed E-state index contributed by atoms with van der Waals surface area (Å²) in [7, 11) is 1.61. The van der Waals surface area contributed by atoms with Crippen LogP contribution in [0.25, 0.3) is 11.0 Å². The van der Waals surface area contributed by atoms with E-state index in [2.05, 4.69) is 19.2 Å². The molecule has 1 heterocycles. The van der Waals surface area contributed by atoms with Gasteiger partial charge in [-0.25, -0.2) is 0 Å². The Morgan fingerprint density at radius 2 is 2.17 bits per heavy atom. The second-order valence-electron chi connectivity index (χ2n) is 5.97. The molecule has 0 spiro atoms. The number of fused-ring (bicyclic) bond motifs is 1. The van der Waals surface area contributed by atoms with Gasteiger partial charge in [-0.1, -0.05) is 13.8 Å². The zero-order valence-corrected chi connectivity index (χ0v) is 14.1. The van der Waals surface area contributed by atoms with Crippen LogP contribution in [0.1, 0.15) is 25.8 Å². The van der Waals surface area contributed by atoms with Crippen molar-refractivity contribution in [3.05, 3.63) is 30.0 Å². The van der Waals surface area contributed by atoms with E-state index in [9.17, 15) is 4.79 Å². The maximum Gasteiger partial charge on any atom is 0.224 e. The van der Waals surface area contributed by atoms with Crippen LogP contribution in [0.2, 0.25) is 0 Å². The Hall–Kier alpha value is -2.01. The van der Waals surface area contributed by atoms with Gasteiger partial charge in [-0.05, 0) is 24.5 Å². The average Bonchev–Trinajstić information content (AvgIpc) is 2.92. The summed E-state index contributed by atoms with van der Waals surface area (Å²) in [5.74, 6) is 1.27. The summed E-state index contributed by atoms with van der Waals surface area (Å²) in [6, 6.07) is 5.61. The van der Waals surface area contributed by atoms with Gasteiger partial charge >= 0.3 is 0 Å². The number of hydrogen-bond donors (Lipinski definition) is 1. The number of furan rings is 1. The molecule has 1 N–H and O–H groups in total. The first-order valence-electron chi connectivity index (χ1n) is 7.98. The third-order valence-electron chi connectivity index (χ3n) is 3.45. The quantitative estimate of drug-likeness (QED) is 0.721. The molecule has 126 valence electrons. The van der Waals surface area contributed by atoms with E-state index >= 15 is 0 Å². The van der Waals surface area contributed by atoms with Gasteiger partial charge in [0.1, 0.15) is 11.3 Å². The standard InChI is InChI=1S/C18H25NO4/c1-13(2)11-22-8-4-7-19-18(20)9-14-12-23-17-10-15(21-3)5-6-16(14)17/h5-6,10,12-13H,4,7-9,11H2,1-3H3,(H,19,20). The normalized spacial score (nSPS) is 11.1. The van der Waals surface area contributed by atoms with Gasteiger partial charge < -0.3 is 19.2 Å². The minimum Gasteiger partial charge on any atom is -0.497 e. The third-order valence-corrected chi connectivity index (χ3v) is 3.45. The Balaban J connectivity index is 1.77. The number of carbonyl (C=O) groups is 1. The van der Waals surface area contributed by atoms with Crippen LogP contribution in [0.15, 0.2) is 28.9 Å². The summed E-state index contributed by atoms with van der Waals surface area (Å²) in [6.45, 7) is 6.30. The van der Waals surface area contributed by atoms with E-state index in [0.29, 0.717) is 25.5 Å². The van der Waals surface area contributed by atoms with Gasteiger partial charge in [-0.2, -0.15) is 0 Å².